The van der Waals surface area contributed by atoms with E-state index in [-0.39, 0.29) is 5.41 Å². The molecule has 19 aromatic carbocycles. The van der Waals surface area contributed by atoms with Gasteiger partial charge in [-0.3, -0.25) is 0 Å². The lowest BCUT2D eigenvalue weighted by molar-refractivity contribution is 0.661. The van der Waals surface area contributed by atoms with Crippen LogP contribution in [0.25, 0.3) is 185 Å². The second-order valence-electron chi connectivity index (χ2n) is 25.8. The van der Waals surface area contributed by atoms with Gasteiger partial charge < -0.3 is 0 Å². The summed E-state index contributed by atoms with van der Waals surface area (Å²) in [6, 6.07) is 118. The highest BCUT2D eigenvalue weighted by molar-refractivity contribution is 6.28. The van der Waals surface area contributed by atoms with Gasteiger partial charge in [0.2, 0.25) is 0 Å². The van der Waals surface area contributed by atoms with Gasteiger partial charge in [0.15, 0.2) is 0 Å². The van der Waals surface area contributed by atoms with E-state index < -0.39 is 0 Å². The van der Waals surface area contributed by atoms with Crippen molar-refractivity contribution in [3.8, 4) is 66.8 Å². The predicted molar refractivity (Wildman–Crippen MR) is 393 cm³/mol. The average Bonchev–Trinajstić information content (AvgIpc) is 1.76. The summed E-state index contributed by atoms with van der Waals surface area (Å²) in [5.74, 6) is 0. The monoisotopic (exact) mass is 1150 g/mol. The van der Waals surface area contributed by atoms with Crippen molar-refractivity contribution in [2.24, 2.45) is 0 Å². The molecule has 0 amide bonds. The second kappa shape index (κ2) is 19.8. The minimum Gasteiger partial charge on any atom is -0.0616 e. The summed E-state index contributed by atoms with van der Waals surface area (Å²) in [6.45, 7) is 4.80. The van der Waals surface area contributed by atoms with E-state index in [0.29, 0.717) is 0 Å². The lowest BCUT2D eigenvalue weighted by atomic mass is 9.80. The summed E-state index contributed by atoms with van der Waals surface area (Å²) in [5.41, 5.74) is 18.1. The molecule has 1 aliphatic carbocycles. The van der Waals surface area contributed by atoms with E-state index in [1.165, 1.54) is 196 Å². The van der Waals surface area contributed by atoms with Gasteiger partial charge in [-0.2, -0.15) is 0 Å². The summed E-state index contributed by atoms with van der Waals surface area (Å²) >= 11 is 0. The SMILES string of the molecule is CC1(C)c2cc(-c3ccc4ccc5cccc6ccc3c4c56)ccc2-c2ccc(-c3ccc4ccc5cccc6ccc3c4c56)cc21.c1ccc2cc(-c3ccc4c(-c5ccc6ccccc6c5)c5ccccc5c(-c5ccc6ccccc6c5)c4c3)ccc2c1. The molecule has 0 aromatic heterocycles. The van der Waals surface area contributed by atoms with E-state index in [1.54, 1.807) is 0 Å². The summed E-state index contributed by atoms with van der Waals surface area (Å²) in [4.78, 5) is 0. The molecule has 0 spiro atoms. The molecule has 0 aliphatic heterocycles. The van der Waals surface area contributed by atoms with Gasteiger partial charge in [0.1, 0.15) is 0 Å². The Bertz CT molecular complexity index is 6000. The fraction of sp³-hybridized carbons (Fsp3) is 0.0330. The maximum absolute atomic E-state index is 2.47. The van der Waals surface area contributed by atoms with Crippen molar-refractivity contribution in [2.75, 3.05) is 0 Å². The lowest BCUT2D eigenvalue weighted by Crippen LogP contribution is -2.15. The van der Waals surface area contributed by atoms with E-state index in [2.05, 4.69) is 329 Å². The number of hydrogen-bond donors (Lipinski definition) is 0. The Morgan fingerprint density at radius 1 is 0.176 bits per heavy atom. The normalized spacial score (nSPS) is 12.8. The molecule has 0 radical (unpaired) electrons. The number of hydrogen-bond acceptors (Lipinski definition) is 0. The molecule has 19 aromatic rings. The molecule has 0 saturated heterocycles. The standard InChI is InChI=1S/C47H30.C44H28/c1-47(2)41-25-33(35-19-13-31-11-9-27-5-3-7-29-15-23-39(35)45(31)43(27)29)17-21-37(41)38-22-18-34(26-42(38)47)36-20-14-32-12-10-28-6-4-8-30-16-24-40(36)46(32)44(28)30;1-4-12-32-25-35(20-17-29(32)9-1)36-23-24-41-42(28-36)44(38-22-19-31-11-3-6-14-34(31)27-38)40-16-8-7-15-39(40)43(41)37-21-18-30-10-2-5-13-33(30)26-37/h3-26H,1-2H3;1-28H. The molecular weight excluding hydrogens is 1090 g/mol. The van der Waals surface area contributed by atoms with Crippen molar-refractivity contribution in [3.63, 3.8) is 0 Å². The minimum atomic E-state index is -0.121. The molecule has 0 heterocycles. The van der Waals surface area contributed by atoms with Crippen molar-refractivity contribution in [1.29, 1.82) is 0 Å². The van der Waals surface area contributed by atoms with E-state index in [4.69, 9.17) is 0 Å². The van der Waals surface area contributed by atoms with Crippen LogP contribution in [-0.2, 0) is 5.41 Å². The third-order valence-corrected chi connectivity index (χ3v) is 20.5. The van der Waals surface area contributed by atoms with Crippen molar-refractivity contribution >= 4 is 118 Å². The van der Waals surface area contributed by atoms with Gasteiger partial charge in [0, 0.05) is 5.41 Å². The van der Waals surface area contributed by atoms with Crippen LogP contribution in [0.15, 0.2) is 315 Å². The van der Waals surface area contributed by atoms with Crippen LogP contribution in [-0.4, -0.2) is 0 Å². The van der Waals surface area contributed by atoms with Crippen LogP contribution in [0.5, 0.6) is 0 Å². The van der Waals surface area contributed by atoms with Crippen molar-refractivity contribution in [2.45, 2.75) is 19.3 Å². The first-order chi connectivity index (χ1) is 44.8. The Morgan fingerprint density at radius 2 is 0.473 bits per heavy atom. The summed E-state index contributed by atoms with van der Waals surface area (Å²) in [5, 5.41) is 28.6. The topological polar surface area (TPSA) is 0 Å². The smallest absolute Gasteiger partial charge is 0.0159 e. The maximum atomic E-state index is 2.47. The van der Waals surface area contributed by atoms with Crippen molar-refractivity contribution in [1.82, 2.24) is 0 Å². The highest BCUT2D eigenvalue weighted by Gasteiger charge is 2.36. The van der Waals surface area contributed by atoms with E-state index in [0.717, 1.165) is 0 Å². The first kappa shape index (κ1) is 51.6. The molecule has 0 heteroatoms. The zero-order chi connectivity index (χ0) is 60.1. The highest BCUT2D eigenvalue weighted by atomic mass is 14.4. The molecule has 91 heavy (non-hydrogen) atoms. The molecule has 20 rings (SSSR count). The second-order valence-corrected chi connectivity index (χ2v) is 25.8. The molecule has 0 nitrogen and oxygen atoms in total. The van der Waals surface area contributed by atoms with E-state index in [1.807, 2.05) is 0 Å². The van der Waals surface area contributed by atoms with Gasteiger partial charge in [-0.25, -0.2) is 0 Å². The van der Waals surface area contributed by atoms with E-state index in [9.17, 15) is 0 Å². The fourth-order valence-corrected chi connectivity index (χ4v) is 16.1. The molecule has 0 bridgehead atoms. The van der Waals surface area contributed by atoms with Gasteiger partial charge in [-0.15, -0.1) is 0 Å². The maximum Gasteiger partial charge on any atom is 0.0159 e. The van der Waals surface area contributed by atoms with Crippen LogP contribution in [0, 0.1) is 0 Å². The first-order valence-corrected chi connectivity index (χ1v) is 31.9. The minimum absolute atomic E-state index is 0.121. The van der Waals surface area contributed by atoms with Crippen LogP contribution in [0.1, 0.15) is 25.0 Å². The van der Waals surface area contributed by atoms with Crippen LogP contribution in [0.3, 0.4) is 0 Å². The van der Waals surface area contributed by atoms with E-state index >= 15 is 0 Å². The van der Waals surface area contributed by atoms with Gasteiger partial charge in [0.05, 0.1) is 0 Å². The largest absolute Gasteiger partial charge is 0.0616 e. The zero-order valence-corrected chi connectivity index (χ0v) is 50.5. The van der Waals surface area contributed by atoms with Crippen molar-refractivity contribution < 1.29 is 0 Å². The Hall–Kier alpha value is -11.4. The first-order valence-electron chi connectivity index (χ1n) is 31.9. The number of fused-ring (bicyclic) bond motifs is 8. The van der Waals surface area contributed by atoms with Crippen LogP contribution in [0.2, 0.25) is 0 Å². The Balaban J connectivity index is 0.000000131. The Kier molecular flexibility index (Phi) is 11.2. The van der Waals surface area contributed by atoms with Crippen LogP contribution < -0.4 is 0 Å². The third kappa shape index (κ3) is 7.96. The fourth-order valence-electron chi connectivity index (χ4n) is 16.1. The van der Waals surface area contributed by atoms with Gasteiger partial charge in [-0.1, -0.05) is 293 Å². The number of benzene rings is 19. The summed E-state index contributed by atoms with van der Waals surface area (Å²) in [6.07, 6.45) is 0. The van der Waals surface area contributed by atoms with Gasteiger partial charge in [-0.05, 0) is 233 Å². The third-order valence-electron chi connectivity index (χ3n) is 20.5. The highest BCUT2D eigenvalue weighted by Crippen LogP contribution is 2.53. The Morgan fingerprint density at radius 3 is 0.945 bits per heavy atom. The molecule has 0 unspecified atom stereocenters. The Labute approximate surface area is 527 Å². The van der Waals surface area contributed by atoms with Crippen LogP contribution in [0.4, 0.5) is 0 Å². The lowest BCUT2D eigenvalue weighted by Gasteiger charge is -2.23. The molecular formula is C91H58. The molecule has 0 atom stereocenters. The summed E-state index contributed by atoms with van der Waals surface area (Å²) < 4.78 is 0. The molecule has 0 N–H and O–H groups in total. The van der Waals surface area contributed by atoms with Gasteiger partial charge >= 0.3 is 0 Å². The summed E-state index contributed by atoms with van der Waals surface area (Å²) in [7, 11) is 0. The van der Waals surface area contributed by atoms with Crippen LogP contribution >= 0.6 is 0 Å². The zero-order valence-electron chi connectivity index (χ0n) is 50.5. The average molecular weight is 1150 g/mol. The quantitative estimate of drug-likeness (QED) is 0.119. The van der Waals surface area contributed by atoms with Crippen molar-refractivity contribution in [3.05, 3.63) is 327 Å². The van der Waals surface area contributed by atoms with Gasteiger partial charge in [0.25, 0.3) is 0 Å². The number of rotatable bonds is 5. The molecule has 0 fully saturated rings. The molecule has 422 valence electrons. The predicted octanol–water partition coefficient (Wildman–Crippen LogP) is 25.6. The molecule has 1 aliphatic rings. The molecule has 0 saturated carbocycles.